The van der Waals surface area contributed by atoms with Crippen LogP contribution in [0.15, 0.2) is 34.9 Å². The molecule has 4 heterocycles. The van der Waals surface area contributed by atoms with E-state index >= 15 is 0 Å². The first kappa shape index (κ1) is 20.4. The third-order valence-electron chi connectivity index (χ3n) is 6.23. The fraction of sp³-hybridized carbons (Fsp3) is 0.409. The third kappa shape index (κ3) is 2.86. The van der Waals surface area contributed by atoms with Crippen LogP contribution in [0.25, 0.3) is 0 Å². The zero-order chi connectivity index (χ0) is 22.6. The van der Waals surface area contributed by atoms with Crippen molar-refractivity contribution < 1.29 is 33.1 Å². The van der Waals surface area contributed by atoms with Gasteiger partial charge in [0.05, 0.1) is 45.8 Å². The summed E-state index contributed by atoms with van der Waals surface area (Å²) >= 11 is 0. The van der Waals surface area contributed by atoms with E-state index in [1.165, 1.54) is 26.2 Å². The first-order valence-corrected chi connectivity index (χ1v) is 10.1. The van der Waals surface area contributed by atoms with Crippen molar-refractivity contribution in [3.05, 3.63) is 36.1 Å². The van der Waals surface area contributed by atoms with Gasteiger partial charge >= 0.3 is 0 Å². The summed E-state index contributed by atoms with van der Waals surface area (Å²) in [5.41, 5.74) is -0.397. The van der Waals surface area contributed by atoms with Gasteiger partial charge in [0.25, 0.3) is 0 Å². The average Bonchev–Trinajstić information content (AvgIpc) is 3.53. The summed E-state index contributed by atoms with van der Waals surface area (Å²) in [5.74, 6) is 0.366. The van der Waals surface area contributed by atoms with Gasteiger partial charge in [0, 0.05) is 23.9 Å². The van der Waals surface area contributed by atoms with Crippen LogP contribution in [-0.2, 0) is 14.3 Å². The molecule has 5 rings (SSSR count). The maximum Gasteiger partial charge on any atom is 0.235 e. The first-order valence-electron chi connectivity index (χ1n) is 10.1. The molecule has 3 unspecified atom stereocenters. The lowest BCUT2D eigenvalue weighted by atomic mass is 9.77. The van der Waals surface area contributed by atoms with Crippen LogP contribution >= 0.6 is 0 Å². The number of carbonyl (C=O) groups excluding carboxylic acids is 2. The van der Waals surface area contributed by atoms with Gasteiger partial charge < -0.3 is 28.8 Å². The number of amides is 2. The number of anilines is 2. The monoisotopic (exact) mass is 441 g/mol. The summed E-state index contributed by atoms with van der Waals surface area (Å²) in [7, 11) is 4.50. The van der Waals surface area contributed by atoms with Crippen molar-refractivity contribution in [2.24, 2.45) is 11.8 Å². The number of fused-ring (bicyclic) bond motifs is 1. The smallest absolute Gasteiger partial charge is 0.235 e. The van der Waals surface area contributed by atoms with Crippen LogP contribution in [0, 0.1) is 18.8 Å². The Morgan fingerprint density at radius 1 is 1.19 bits per heavy atom. The van der Waals surface area contributed by atoms with E-state index in [1.807, 2.05) is 12.2 Å². The molecule has 3 aliphatic heterocycles. The average molecular weight is 441 g/mol. The Hall–Kier alpha value is -3.53. The van der Waals surface area contributed by atoms with E-state index in [1.54, 1.807) is 25.1 Å². The molecule has 2 fully saturated rings. The summed E-state index contributed by atoms with van der Waals surface area (Å²) in [6.07, 6.45) is 3.25. The van der Waals surface area contributed by atoms with Gasteiger partial charge in [-0.05, 0) is 6.92 Å². The Morgan fingerprint density at radius 3 is 2.50 bits per heavy atom. The molecule has 1 N–H and O–H groups in total. The van der Waals surface area contributed by atoms with Gasteiger partial charge in [0.1, 0.15) is 11.4 Å². The van der Waals surface area contributed by atoms with Crippen molar-refractivity contribution in [1.82, 2.24) is 5.16 Å². The zero-order valence-corrected chi connectivity index (χ0v) is 18.1. The van der Waals surface area contributed by atoms with Crippen molar-refractivity contribution in [1.29, 1.82) is 0 Å². The highest BCUT2D eigenvalue weighted by atomic mass is 16.5. The summed E-state index contributed by atoms with van der Waals surface area (Å²) in [4.78, 5) is 28.2. The molecule has 10 nitrogen and oxygen atoms in total. The molecular weight excluding hydrogens is 418 g/mol. The Morgan fingerprint density at radius 2 is 1.91 bits per heavy atom. The molecule has 0 aliphatic carbocycles. The van der Waals surface area contributed by atoms with E-state index in [0.717, 1.165) is 0 Å². The second-order valence-corrected chi connectivity index (χ2v) is 8.02. The number of ether oxygens (including phenoxy) is 4. The molecule has 168 valence electrons. The molecular formula is C22H23N3O7. The van der Waals surface area contributed by atoms with Crippen LogP contribution in [-0.4, -0.2) is 56.6 Å². The van der Waals surface area contributed by atoms with Gasteiger partial charge in [-0.2, -0.15) is 0 Å². The van der Waals surface area contributed by atoms with Gasteiger partial charge in [0.15, 0.2) is 17.3 Å². The number of benzene rings is 1. The summed E-state index contributed by atoms with van der Waals surface area (Å²) in [6, 6.07) is 4.97. The van der Waals surface area contributed by atoms with Crippen LogP contribution < -0.4 is 24.4 Å². The predicted octanol–water partition coefficient (Wildman–Crippen LogP) is 1.93. The second-order valence-electron chi connectivity index (χ2n) is 8.02. The topological polar surface area (TPSA) is 112 Å². The molecule has 3 aliphatic rings. The van der Waals surface area contributed by atoms with Crippen LogP contribution in [0.1, 0.15) is 5.76 Å². The molecule has 1 aromatic heterocycles. The molecule has 1 aromatic carbocycles. The highest BCUT2D eigenvalue weighted by molar-refractivity contribution is 6.05. The maximum atomic E-state index is 13.3. The molecule has 10 heteroatoms. The number of hydrogen-bond acceptors (Lipinski definition) is 8. The number of aromatic nitrogens is 1. The van der Waals surface area contributed by atoms with E-state index in [-0.39, 0.29) is 18.4 Å². The van der Waals surface area contributed by atoms with Gasteiger partial charge in [-0.25, -0.2) is 0 Å². The van der Waals surface area contributed by atoms with Gasteiger partial charge in [-0.1, -0.05) is 17.3 Å². The molecule has 32 heavy (non-hydrogen) atoms. The molecule has 0 radical (unpaired) electrons. The second kappa shape index (κ2) is 7.27. The predicted molar refractivity (Wildman–Crippen MR) is 112 cm³/mol. The molecule has 0 saturated carbocycles. The van der Waals surface area contributed by atoms with E-state index in [4.69, 9.17) is 23.5 Å². The van der Waals surface area contributed by atoms with Crippen molar-refractivity contribution in [3.63, 3.8) is 0 Å². The summed E-state index contributed by atoms with van der Waals surface area (Å²) in [5, 5.41) is 6.84. The van der Waals surface area contributed by atoms with E-state index in [2.05, 4.69) is 10.5 Å². The summed E-state index contributed by atoms with van der Waals surface area (Å²) < 4.78 is 27.3. The van der Waals surface area contributed by atoms with E-state index < -0.39 is 23.5 Å². The lowest BCUT2D eigenvalue weighted by Crippen LogP contribution is -2.41. The van der Waals surface area contributed by atoms with Crippen molar-refractivity contribution in [3.8, 4) is 17.2 Å². The van der Waals surface area contributed by atoms with Crippen molar-refractivity contribution in [2.45, 2.75) is 18.6 Å². The fourth-order valence-electron chi connectivity index (χ4n) is 4.85. The zero-order valence-electron chi connectivity index (χ0n) is 18.1. The number of hydrogen-bond donors (Lipinski definition) is 1. The SMILES string of the molecule is COc1cc(NC(=O)C2C3C=C[C@@]4(CN(c5cc(C)on5)C(=O)C24)O3)cc(OC)c1OC. The third-order valence-corrected chi connectivity index (χ3v) is 6.23. The Bertz CT molecular complexity index is 1100. The van der Waals surface area contributed by atoms with Crippen LogP contribution in [0.5, 0.6) is 17.2 Å². The highest BCUT2D eigenvalue weighted by Gasteiger charge is 2.67. The van der Waals surface area contributed by atoms with Gasteiger partial charge in [-0.3, -0.25) is 14.5 Å². The maximum absolute atomic E-state index is 13.3. The van der Waals surface area contributed by atoms with Crippen LogP contribution in [0.4, 0.5) is 11.5 Å². The molecule has 2 saturated heterocycles. The minimum absolute atomic E-state index is 0.213. The van der Waals surface area contributed by atoms with Crippen molar-refractivity contribution >= 4 is 23.3 Å². The number of methoxy groups -OCH3 is 3. The van der Waals surface area contributed by atoms with Crippen molar-refractivity contribution in [2.75, 3.05) is 38.1 Å². The standard InChI is InChI=1S/C22H23N3O7/c1-11-7-16(24-32-11)25-10-22-6-5-13(31-22)17(18(22)21(25)27)20(26)23-12-8-14(28-2)19(30-4)15(9-12)29-3/h5-9,13,17-18H,10H2,1-4H3,(H,23,26)/t13?,17?,18?,22-/m0/s1. The molecule has 4 atom stereocenters. The molecule has 1 spiro atoms. The van der Waals surface area contributed by atoms with E-state index in [0.29, 0.717) is 34.5 Å². The quantitative estimate of drug-likeness (QED) is 0.677. The Balaban J connectivity index is 1.43. The highest BCUT2D eigenvalue weighted by Crippen LogP contribution is 2.53. The lowest BCUT2D eigenvalue weighted by Gasteiger charge is -2.23. The molecule has 2 aromatic rings. The number of carbonyl (C=O) groups is 2. The van der Waals surface area contributed by atoms with Crippen LogP contribution in [0.2, 0.25) is 0 Å². The van der Waals surface area contributed by atoms with E-state index in [9.17, 15) is 9.59 Å². The van der Waals surface area contributed by atoms with Gasteiger partial charge in [0.2, 0.25) is 17.6 Å². The summed E-state index contributed by atoms with van der Waals surface area (Å²) in [6.45, 7) is 2.04. The fourth-order valence-corrected chi connectivity index (χ4v) is 4.85. The normalized spacial score (nSPS) is 27.6. The number of aryl methyl sites for hydroxylation is 1. The minimum Gasteiger partial charge on any atom is -0.493 e. The molecule has 2 amide bonds. The molecule has 2 bridgehead atoms. The largest absolute Gasteiger partial charge is 0.493 e. The minimum atomic E-state index is -0.855. The lowest BCUT2D eigenvalue weighted by molar-refractivity contribution is -0.128. The number of nitrogens with zero attached hydrogens (tertiary/aromatic N) is 2. The number of nitrogens with one attached hydrogen (secondary N) is 1. The first-order chi connectivity index (χ1) is 15.4. The Kier molecular flexibility index (Phi) is 4.63. The Labute approximate surface area is 184 Å². The van der Waals surface area contributed by atoms with Crippen LogP contribution in [0.3, 0.4) is 0 Å². The van der Waals surface area contributed by atoms with Gasteiger partial charge in [-0.15, -0.1) is 0 Å². The number of rotatable bonds is 6.